The summed E-state index contributed by atoms with van der Waals surface area (Å²) in [6, 6.07) is 12.0. The number of carbonyl (C=O) groups excluding carboxylic acids is 1. The standard InChI is InChI=1S/C16H20N2O/c17-11-10-16(19)18-15(12-13-6-4-5-7-13)14-8-2-1-3-9-14/h1-3,8-9,13,15H,4-7,10,12H2,(H,18,19)/t15-/m1/s1. The maximum absolute atomic E-state index is 11.7. The number of benzene rings is 1. The van der Waals surface area contributed by atoms with Gasteiger partial charge < -0.3 is 5.32 Å². The fourth-order valence-corrected chi connectivity index (χ4v) is 2.86. The van der Waals surface area contributed by atoms with Gasteiger partial charge in [-0.2, -0.15) is 5.26 Å². The molecule has 1 aliphatic carbocycles. The fraction of sp³-hybridized carbons (Fsp3) is 0.500. The maximum atomic E-state index is 11.7. The van der Waals surface area contributed by atoms with E-state index in [0.29, 0.717) is 5.92 Å². The molecule has 1 atom stereocenters. The Kier molecular flexibility index (Phi) is 4.97. The van der Waals surface area contributed by atoms with Crippen LogP contribution >= 0.6 is 0 Å². The maximum Gasteiger partial charge on any atom is 0.234 e. The molecule has 1 aromatic rings. The molecule has 1 N–H and O–H groups in total. The zero-order chi connectivity index (χ0) is 13.5. The number of hydrogen-bond acceptors (Lipinski definition) is 2. The van der Waals surface area contributed by atoms with Crippen molar-refractivity contribution in [2.45, 2.75) is 44.6 Å². The number of nitrogens with zero attached hydrogens (tertiary/aromatic N) is 1. The predicted molar refractivity (Wildman–Crippen MR) is 74.1 cm³/mol. The van der Waals surface area contributed by atoms with Crippen LogP contribution in [-0.2, 0) is 4.79 Å². The molecule has 0 bridgehead atoms. The first kappa shape index (κ1) is 13.6. The van der Waals surface area contributed by atoms with E-state index in [9.17, 15) is 4.79 Å². The molecule has 2 rings (SSSR count). The van der Waals surface area contributed by atoms with Crippen LogP contribution in [0.1, 0.15) is 50.1 Å². The van der Waals surface area contributed by atoms with E-state index in [0.717, 1.165) is 12.0 Å². The molecule has 0 aliphatic heterocycles. The summed E-state index contributed by atoms with van der Waals surface area (Å²) in [6.45, 7) is 0. The molecular weight excluding hydrogens is 236 g/mol. The molecule has 3 nitrogen and oxygen atoms in total. The highest BCUT2D eigenvalue weighted by molar-refractivity contribution is 5.78. The van der Waals surface area contributed by atoms with Gasteiger partial charge in [0, 0.05) is 0 Å². The van der Waals surface area contributed by atoms with Crippen LogP contribution in [0.3, 0.4) is 0 Å². The molecule has 0 radical (unpaired) electrons. The second kappa shape index (κ2) is 6.94. The minimum Gasteiger partial charge on any atom is -0.348 e. The van der Waals surface area contributed by atoms with Crippen molar-refractivity contribution in [1.82, 2.24) is 5.32 Å². The zero-order valence-corrected chi connectivity index (χ0v) is 11.1. The fourth-order valence-electron chi connectivity index (χ4n) is 2.86. The largest absolute Gasteiger partial charge is 0.348 e. The lowest BCUT2D eigenvalue weighted by molar-refractivity contribution is -0.121. The molecule has 0 unspecified atom stereocenters. The van der Waals surface area contributed by atoms with Gasteiger partial charge in [-0.05, 0) is 17.9 Å². The van der Waals surface area contributed by atoms with Gasteiger partial charge in [-0.25, -0.2) is 0 Å². The topological polar surface area (TPSA) is 52.9 Å². The minimum absolute atomic E-state index is 0.0464. The third-order valence-corrected chi connectivity index (χ3v) is 3.82. The molecule has 0 aromatic heterocycles. The molecular formula is C16H20N2O. The highest BCUT2D eigenvalue weighted by Crippen LogP contribution is 2.32. The van der Waals surface area contributed by atoms with Crippen LogP contribution in [0.25, 0.3) is 0 Å². The Morgan fingerprint density at radius 1 is 1.32 bits per heavy atom. The lowest BCUT2D eigenvalue weighted by Crippen LogP contribution is -2.29. The summed E-state index contributed by atoms with van der Waals surface area (Å²) in [5, 5.41) is 11.6. The van der Waals surface area contributed by atoms with Crippen molar-refractivity contribution in [2.24, 2.45) is 5.92 Å². The van der Waals surface area contributed by atoms with Crippen molar-refractivity contribution in [3.63, 3.8) is 0 Å². The van der Waals surface area contributed by atoms with Gasteiger partial charge in [-0.15, -0.1) is 0 Å². The van der Waals surface area contributed by atoms with Crippen LogP contribution in [0, 0.1) is 17.2 Å². The molecule has 100 valence electrons. The van der Waals surface area contributed by atoms with Gasteiger partial charge in [0.25, 0.3) is 0 Å². The highest BCUT2D eigenvalue weighted by Gasteiger charge is 2.22. The van der Waals surface area contributed by atoms with Gasteiger partial charge in [0.05, 0.1) is 12.1 Å². The van der Waals surface area contributed by atoms with E-state index in [4.69, 9.17) is 5.26 Å². The molecule has 19 heavy (non-hydrogen) atoms. The molecule has 1 aliphatic rings. The number of amides is 1. The van der Waals surface area contributed by atoms with E-state index in [1.54, 1.807) is 0 Å². The molecule has 1 aromatic carbocycles. The molecule has 0 saturated heterocycles. The Morgan fingerprint density at radius 2 is 2.00 bits per heavy atom. The Hall–Kier alpha value is -1.82. The number of nitriles is 1. The molecule has 0 heterocycles. The van der Waals surface area contributed by atoms with Crippen LogP contribution in [0.4, 0.5) is 0 Å². The van der Waals surface area contributed by atoms with Crippen LogP contribution in [-0.4, -0.2) is 5.91 Å². The molecule has 1 amide bonds. The van der Waals surface area contributed by atoms with E-state index in [1.807, 2.05) is 36.4 Å². The number of hydrogen-bond donors (Lipinski definition) is 1. The van der Waals surface area contributed by atoms with E-state index < -0.39 is 0 Å². The summed E-state index contributed by atoms with van der Waals surface area (Å²) in [5.41, 5.74) is 1.14. The van der Waals surface area contributed by atoms with Gasteiger partial charge in [-0.1, -0.05) is 56.0 Å². The minimum atomic E-state index is -0.172. The summed E-state index contributed by atoms with van der Waals surface area (Å²) < 4.78 is 0. The van der Waals surface area contributed by atoms with Gasteiger partial charge in [0.1, 0.15) is 6.42 Å². The second-order valence-electron chi connectivity index (χ2n) is 5.25. The Morgan fingerprint density at radius 3 is 2.63 bits per heavy atom. The van der Waals surface area contributed by atoms with Gasteiger partial charge in [0.15, 0.2) is 0 Å². The molecule has 1 fully saturated rings. The van der Waals surface area contributed by atoms with Crippen molar-refractivity contribution in [2.75, 3.05) is 0 Å². The van der Waals surface area contributed by atoms with Gasteiger partial charge in [-0.3, -0.25) is 4.79 Å². The van der Waals surface area contributed by atoms with Gasteiger partial charge in [0.2, 0.25) is 5.91 Å². The van der Waals surface area contributed by atoms with Crippen molar-refractivity contribution in [1.29, 1.82) is 5.26 Å². The summed E-state index contributed by atoms with van der Waals surface area (Å²) in [7, 11) is 0. The van der Waals surface area contributed by atoms with Crippen molar-refractivity contribution in [3.8, 4) is 6.07 Å². The number of carbonyl (C=O) groups is 1. The van der Waals surface area contributed by atoms with E-state index >= 15 is 0 Å². The Balaban J connectivity index is 2.04. The van der Waals surface area contributed by atoms with E-state index in [1.165, 1.54) is 25.7 Å². The Labute approximate surface area is 114 Å². The first-order valence-electron chi connectivity index (χ1n) is 7.01. The summed E-state index contributed by atoms with van der Waals surface area (Å²) >= 11 is 0. The van der Waals surface area contributed by atoms with Crippen molar-refractivity contribution >= 4 is 5.91 Å². The first-order valence-corrected chi connectivity index (χ1v) is 7.01. The summed E-state index contributed by atoms with van der Waals surface area (Å²) in [5.74, 6) is 0.530. The summed E-state index contributed by atoms with van der Waals surface area (Å²) in [4.78, 5) is 11.7. The average Bonchev–Trinajstić information content (AvgIpc) is 2.92. The third kappa shape index (κ3) is 4.10. The molecule has 3 heteroatoms. The first-order chi connectivity index (χ1) is 9.29. The Bertz CT molecular complexity index is 444. The van der Waals surface area contributed by atoms with Crippen LogP contribution in [0.15, 0.2) is 30.3 Å². The number of rotatable bonds is 5. The van der Waals surface area contributed by atoms with Crippen molar-refractivity contribution in [3.05, 3.63) is 35.9 Å². The monoisotopic (exact) mass is 256 g/mol. The quantitative estimate of drug-likeness (QED) is 0.878. The van der Waals surface area contributed by atoms with E-state index in [-0.39, 0.29) is 18.4 Å². The lowest BCUT2D eigenvalue weighted by atomic mass is 9.93. The third-order valence-electron chi connectivity index (χ3n) is 3.82. The van der Waals surface area contributed by atoms with Crippen LogP contribution in [0.2, 0.25) is 0 Å². The van der Waals surface area contributed by atoms with E-state index in [2.05, 4.69) is 5.32 Å². The SMILES string of the molecule is N#CCC(=O)N[C@H](CC1CCCC1)c1ccccc1. The highest BCUT2D eigenvalue weighted by atomic mass is 16.1. The van der Waals surface area contributed by atoms with Crippen LogP contribution < -0.4 is 5.32 Å². The molecule has 0 spiro atoms. The smallest absolute Gasteiger partial charge is 0.234 e. The second-order valence-corrected chi connectivity index (χ2v) is 5.25. The van der Waals surface area contributed by atoms with Crippen LogP contribution in [0.5, 0.6) is 0 Å². The van der Waals surface area contributed by atoms with Crippen molar-refractivity contribution < 1.29 is 4.79 Å². The zero-order valence-electron chi connectivity index (χ0n) is 11.1. The predicted octanol–water partition coefficient (Wildman–Crippen LogP) is 3.34. The number of nitrogens with one attached hydrogen (secondary N) is 1. The lowest BCUT2D eigenvalue weighted by Gasteiger charge is -2.22. The summed E-state index contributed by atoms with van der Waals surface area (Å²) in [6.07, 6.45) is 6.06. The normalized spacial score (nSPS) is 16.8. The average molecular weight is 256 g/mol. The van der Waals surface area contributed by atoms with Gasteiger partial charge >= 0.3 is 0 Å². The molecule has 1 saturated carbocycles.